The van der Waals surface area contributed by atoms with Gasteiger partial charge in [-0.2, -0.15) is 0 Å². The first-order chi connectivity index (χ1) is 19.3. The smallest absolute Gasteiger partial charge is 0.410 e. The largest absolute Gasteiger partial charge is 0.469 e. The summed E-state index contributed by atoms with van der Waals surface area (Å²) in [7, 11) is -1.14. The first kappa shape index (κ1) is 35.5. The van der Waals surface area contributed by atoms with Gasteiger partial charge in [0.05, 0.1) is 31.9 Å². The second-order valence-corrected chi connectivity index (χ2v) is 18.1. The van der Waals surface area contributed by atoms with Crippen LogP contribution in [0.1, 0.15) is 65.7 Å². The molecule has 2 atom stereocenters. The number of anilines is 1. The molecule has 2 aromatic rings. The number of benzene rings is 2. The van der Waals surface area contributed by atoms with Gasteiger partial charge in [-0.1, -0.05) is 50.6 Å². The highest BCUT2D eigenvalue weighted by molar-refractivity contribution is 6.74. The second-order valence-electron chi connectivity index (χ2n) is 12.9. The van der Waals surface area contributed by atoms with Gasteiger partial charge >= 0.3 is 12.1 Å². The predicted molar refractivity (Wildman–Crippen MR) is 165 cm³/mol. The van der Waals surface area contributed by atoms with Gasteiger partial charge in [-0.25, -0.2) is 13.6 Å². The normalized spacial score (nSPS) is 13.7. The predicted octanol–water partition coefficient (Wildman–Crippen LogP) is 8.13. The monoisotopic (exact) mass is 626 g/mol. The van der Waals surface area contributed by atoms with Gasteiger partial charge in [0, 0.05) is 23.2 Å². The van der Waals surface area contributed by atoms with Crippen molar-refractivity contribution in [1.29, 1.82) is 0 Å². The molecule has 0 aliphatic rings. The summed E-state index contributed by atoms with van der Waals surface area (Å²) in [4.78, 5) is 26.6. The van der Waals surface area contributed by atoms with Crippen LogP contribution in [0.3, 0.4) is 0 Å². The van der Waals surface area contributed by atoms with Crippen LogP contribution < -0.4 is 5.32 Å². The van der Waals surface area contributed by atoms with E-state index in [1.54, 1.807) is 33.8 Å². The number of nitrogens with zero attached hydrogens (tertiary/aromatic N) is 1. The molecule has 0 fully saturated rings. The molecular weight excluding hydrogens is 582 g/mol. The molecule has 0 saturated carbocycles. The molecule has 0 spiro atoms. The van der Waals surface area contributed by atoms with Gasteiger partial charge < -0.3 is 24.1 Å². The molecule has 0 saturated heterocycles. The van der Waals surface area contributed by atoms with Crippen LogP contribution in [0.15, 0.2) is 36.4 Å². The molecule has 2 unspecified atom stereocenters. The molecule has 2 aromatic carbocycles. The van der Waals surface area contributed by atoms with Crippen molar-refractivity contribution in [2.75, 3.05) is 25.5 Å². The molecular formula is C31H45ClF2N2O5Si. The molecule has 0 heterocycles. The number of carbonyl (C=O) groups is 2. The van der Waals surface area contributed by atoms with E-state index in [1.165, 1.54) is 24.1 Å². The van der Waals surface area contributed by atoms with E-state index < -0.39 is 49.8 Å². The zero-order valence-electron chi connectivity index (χ0n) is 26.4. The topological polar surface area (TPSA) is 77.1 Å². The third kappa shape index (κ3) is 9.95. The van der Waals surface area contributed by atoms with Crippen molar-refractivity contribution in [3.63, 3.8) is 0 Å². The molecule has 1 amide bonds. The fourth-order valence-electron chi connectivity index (χ4n) is 3.84. The van der Waals surface area contributed by atoms with E-state index in [4.69, 9.17) is 20.8 Å². The zero-order valence-corrected chi connectivity index (χ0v) is 28.1. The highest BCUT2D eigenvalue weighted by Crippen LogP contribution is 2.40. The number of rotatable bonds is 11. The maximum Gasteiger partial charge on any atom is 0.410 e. The van der Waals surface area contributed by atoms with E-state index in [0.717, 1.165) is 5.56 Å². The van der Waals surface area contributed by atoms with Crippen molar-refractivity contribution in [2.24, 2.45) is 0 Å². The van der Waals surface area contributed by atoms with Crippen LogP contribution in [0.2, 0.25) is 23.2 Å². The standard InChI is InChI=1S/C31H45ClF2N2O5Si/c1-20(18-35-24-15-14-22(17-26(37)39-8)27(33)28(24)34)36(29(38)40-30(2,3)4)19-25(21-12-11-13-23(32)16-21)41-42(9,10)31(5,6)7/h11-16,20,25,35H,17-19H2,1-10H3. The van der Waals surface area contributed by atoms with E-state index >= 15 is 0 Å². The van der Waals surface area contributed by atoms with Crippen LogP contribution in [-0.2, 0) is 25.1 Å². The Hall–Kier alpha value is -2.69. The van der Waals surface area contributed by atoms with Crippen LogP contribution in [0.5, 0.6) is 0 Å². The maximum absolute atomic E-state index is 14.9. The van der Waals surface area contributed by atoms with Crippen molar-refractivity contribution in [3.05, 3.63) is 64.2 Å². The van der Waals surface area contributed by atoms with Crippen molar-refractivity contribution in [1.82, 2.24) is 4.90 Å². The van der Waals surface area contributed by atoms with Crippen molar-refractivity contribution in [2.45, 2.75) is 90.8 Å². The molecule has 1 N–H and O–H groups in total. The lowest BCUT2D eigenvalue weighted by molar-refractivity contribution is -0.139. The van der Waals surface area contributed by atoms with Crippen molar-refractivity contribution < 1.29 is 32.3 Å². The molecule has 234 valence electrons. The van der Waals surface area contributed by atoms with E-state index in [1.807, 2.05) is 18.2 Å². The summed E-state index contributed by atoms with van der Waals surface area (Å²) in [6, 6.07) is 9.51. The van der Waals surface area contributed by atoms with Gasteiger partial charge in [0.25, 0.3) is 0 Å². The second kappa shape index (κ2) is 14.2. The van der Waals surface area contributed by atoms with Crippen LogP contribution in [0.25, 0.3) is 0 Å². The van der Waals surface area contributed by atoms with Crippen LogP contribution >= 0.6 is 11.6 Å². The first-order valence-corrected chi connectivity index (χ1v) is 17.2. The summed E-state index contributed by atoms with van der Waals surface area (Å²) in [5, 5.41) is 3.35. The van der Waals surface area contributed by atoms with Gasteiger partial charge in [0.2, 0.25) is 0 Å². The Kier molecular flexibility index (Phi) is 12.0. The van der Waals surface area contributed by atoms with Gasteiger partial charge in [-0.05, 0) is 69.6 Å². The Morgan fingerprint density at radius 1 is 1.05 bits per heavy atom. The summed E-state index contributed by atoms with van der Waals surface area (Å²) >= 11 is 6.34. The number of carbonyl (C=O) groups excluding carboxylic acids is 2. The summed E-state index contributed by atoms with van der Waals surface area (Å²) in [5.41, 5.74) is -0.157. The highest BCUT2D eigenvalue weighted by atomic mass is 35.5. The molecule has 7 nitrogen and oxygen atoms in total. The quantitative estimate of drug-likeness (QED) is 0.200. The molecule has 11 heteroatoms. The Balaban J connectivity index is 2.40. The molecule has 0 aliphatic heterocycles. The van der Waals surface area contributed by atoms with E-state index in [9.17, 15) is 18.4 Å². The molecule has 0 radical (unpaired) electrons. The zero-order chi connectivity index (χ0) is 32.0. The fourth-order valence-corrected chi connectivity index (χ4v) is 5.32. The summed E-state index contributed by atoms with van der Waals surface area (Å²) in [6.07, 6.45) is -1.48. The Morgan fingerprint density at radius 2 is 1.69 bits per heavy atom. The SMILES string of the molecule is COC(=O)Cc1ccc(NCC(C)N(CC(O[Si](C)(C)C(C)(C)C)c2cccc(Cl)c2)C(=O)OC(C)(C)C)c(F)c1F. The molecule has 2 rings (SSSR count). The van der Waals surface area contributed by atoms with Gasteiger partial charge in [-0.3, -0.25) is 4.79 Å². The molecule has 0 bridgehead atoms. The van der Waals surface area contributed by atoms with E-state index in [2.05, 4.69) is 43.9 Å². The van der Waals surface area contributed by atoms with Crippen LogP contribution in [-0.4, -0.2) is 57.1 Å². The Labute approximate surface area is 255 Å². The average molecular weight is 627 g/mol. The molecule has 0 aromatic heterocycles. The lowest BCUT2D eigenvalue weighted by atomic mass is 10.1. The fraction of sp³-hybridized carbons (Fsp3) is 0.548. The van der Waals surface area contributed by atoms with Gasteiger partial charge in [-0.15, -0.1) is 0 Å². The number of halogens is 3. The number of esters is 1. The first-order valence-electron chi connectivity index (χ1n) is 14.0. The third-order valence-corrected chi connectivity index (χ3v) is 12.0. The van der Waals surface area contributed by atoms with E-state index in [0.29, 0.717) is 5.02 Å². The lowest BCUT2D eigenvalue weighted by Gasteiger charge is -2.41. The minimum atomic E-state index is -2.32. The van der Waals surface area contributed by atoms with Gasteiger partial charge in [0.1, 0.15) is 5.60 Å². The lowest BCUT2D eigenvalue weighted by Crippen LogP contribution is -2.49. The molecule has 0 aliphatic carbocycles. The number of hydrogen-bond acceptors (Lipinski definition) is 6. The van der Waals surface area contributed by atoms with Crippen LogP contribution in [0, 0.1) is 11.6 Å². The Bertz CT molecular complexity index is 1250. The summed E-state index contributed by atoms with van der Waals surface area (Å²) < 4.78 is 46.7. The van der Waals surface area contributed by atoms with Crippen LogP contribution in [0.4, 0.5) is 19.3 Å². The summed E-state index contributed by atoms with van der Waals surface area (Å²) in [5.74, 6) is -2.93. The summed E-state index contributed by atoms with van der Waals surface area (Å²) in [6.45, 7) is 18.0. The third-order valence-electron chi connectivity index (χ3n) is 7.30. The Morgan fingerprint density at radius 3 is 2.24 bits per heavy atom. The number of ether oxygens (including phenoxy) is 2. The number of nitrogens with one attached hydrogen (secondary N) is 1. The number of amides is 1. The maximum atomic E-state index is 14.9. The minimum Gasteiger partial charge on any atom is -0.469 e. The minimum absolute atomic E-state index is 0.0777. The van der Waals surface area contributed by atoms with E-state index in [-0.39, 0.29) is 35.8 Å². The molecule has 42 heavy (non-hydrogen) atoms. The van der Waals surface area contributed by atoms with Gasteiger partial charge in [0.15, 0.2) is 20.0 Å². The average Bonchev–Trinajstić information content (AvgIpc) is 2.86. The van der Waals surface area contributed by atoms with Crippen molar-refractivity contribution in [3.8, 4) is 0 Å². The number of methoxy groups -OCH3 is 1. The highest BCUT2D eigenvalue weighted by Gasteiger charge is 2.41. The van der Waals surface area contributed by atoms with Crippen molar-refractivity contribution >= 4 is 37.7 Å². The number of hydrogen-bond donors (Lipinski definition) is 1.